The molecule has 2 aliphatic heterocycles. The largest absolute Gasteiger partial charge is 0.371 e. The lowest BCUT2D eigenvalue weighted by Crippen LogP contribution is -2.43. The van der Waals surface area contributed by atoms with Gasteiger partial charge >= 0.3 is 0 Å². The first kappa shape index (κ1) is 12.1. The second-order valence-corrected chi connectivity index (χ2v) is 5.90. The van der Waals surface area contributed by atoms with Crippen molar-refractivity contribution in [2.24, 2.45) is 5.41 Å². The molecule has 0 radical (unpaired) electrons. The minimum atomic E-state index is -0.268. The number of likely N-dealkylation sites (tertiary alicyclic amines) is 1. The van der Waals surface area contributed by atoms with Crippen molar-refractivity contribution >= 4 is 5.78 Å². The first-order valence-corrected chi connectivity index (χ1v) is 6.25. The maximum atomic E-state index is 11.8. The molecule has 3 heteroatoms. The second kappa shape index (κ2) is 3.81. The SMILES string of the molecule is CC(=O)[C@@]1(C)CC2(CCN(C)CC2)OC1C. The Morgan fingerprint density at radius 2 is 1.94 bits per heavy atom. The molecular weight excluding hydrogens is 202 g/mol. The normalized spacial score (nSPS) is 39.1. The summed E-state index contributed by atoms with van der Waals surface area (Å²) in [7, 11) is 2.15. The van der Waals surface area contributed by atoms with Crippen molar-refractivity contribution in [1.82, 2.24) is 4.90 Å². The average molecular weight is 225 g/mol. The zero-order valence-electron chi connectivity index (χ0n) is 10.9. The van der Waals surface area contributed by atoms with E-state index in [1.54, 1.807) is 6.92 Å². The number of carbonyl (C=O) groups is 1. The van der Waals surface area contributed by atoms with Gasteiger partial charge in [-0.1, -0.05) is 6.92 Å². The molecule has 1 spiro atoms. The summed E-state index contributed by atoms with van der Waals surface area (Å²) in [6, 6.07) is 0. The van der Waals surface area contributed by atoms with Crippen molar-refractivity contribution in [3.8, 4) is 0 Å². The van der Waals surface area contributed by atoms with Crippen LogP contribution in [-0.2, 0) is 9.53 Å². The molecule has 2 heterocycles. The summed E-state index contributed by atoms with van der Waals surface area (Å²) in [4.78, 5) is 14.1. The highest BCUT2D eigenvalue weighted by Crippen LogP contribution is 2.49. The van der Waals surface area contributed by atoms with E-state index in [1.165, 1.54) is 0 Å². The zero-order chi connectivity index (χ0) is 12.0. The van der Waals surface area contributed by atoms with Gasteiger partial charge in [0.1, 0.15) is 5.78 Å². The Bertz CT molecular complexity index is 294. The fourth-order valence-corrected chi connectivity index (χ4v) is 3.09. The Morgan fingerprint density at radius 1 is 1.38 bits per heavy atom. The number of hydrogen-bond acceptors (Lipinski definition) is 3. The first-order valence-electron chi connectivity index (χ1n) is 6.25. The van der Waals surface area contributed by atoms with E-state index in [0.717, 1.165) is 32.4 Å². The second-order valence-electron chi connectivity index (χ2n) is 5.90. The van der Waals surface area contributed by atoms with Crippen LogP contribution in [0.5, 0.6) is 0 Å². The quantitative estimate of drug-likeness (QED) is 0.682. The monoisotopic (exact) mass is 225 g/mol. The summed E-state index contributed by atoms with van der Waals surface area (Å²) in [5.74, 6) is 0.274. The van der Waals surface area contributed by atoms with Crippen LogP contribution in [0.15, 0.2) is 0 Å². The number of nitrogens with zero attached hydrogens (tertiary/aromatic N) is 1. The molecule has 16 heavy (non-hydrogen) atoms. The lowest BCUT2D eigenvalue weighted by atomic mass is 9.73. The molecule has 0 aromatic rings. The minimum absolute atomic E-state index is 0.0215. The van der Waals surface area contributed by atoms with E-state index >= 15 is 0 Å². The molecule has 0 amide bonds. The van der Waals surface area contributed by atoms with Gasteiger partial charge < -0.3 is 9.64 Å². The fourth-order valence-electron chi connectivity index (χ4n) is 3.09. The number of Topliss-reactive ketones (excluding diaryl/α,β-unsaturated/α-hetero) is 1. The third-order valence-electron chi connectivity index (χ3n) is 4.72. The average Bonchev–Trinajstić information content (AvgIpc) is 2.46. The first-order chi connectivity index (χ1) is 7.38. The maximum Gasteiger partial charge on any atom is 0.138 e. The van der Waals surface area contributed by atoms with Crippen molar-refractivity contribution < 1.29 is 9.53 Å². The van der Waals surface area contributed by atoms with E-state index in [9.17, 15) is 4.79 Å². The van der Waals surface area contributed by atoms with Crippen LogP contribution < -0.4 is 0 Å². The van der Waals surface area contributed by atoms with Crippen LogP contribution in [0.4, 0.5) is 0 Å². The van der Waals surface area contributed by atoms with Crippen molar-refractivity contribution in [3.63, 3.8) is 0 Å². The van der Waals surface area contributed by atoms with E-state index in [1.807, 2.05) is 0 Å². The molecule has 0 aromatic heterocycles. The van der Waals surface area contributed by atoms with E-state index in [0.29, 0.717) is 0 Å². The standard InChI is InChI=1S/C13H23NO2/c1-10(15)12(3)9-13(16-11(12)2)5-7-14(4)8-6-13/h11H,5-9H2,1-4H3/t11?,12-/m1/s1. The zero-order valence-corrected chi connectivity index (χ0v) is 10.9. The van der Waals surface area contributed by atoms with Gasteiger partial charge in [0.25, 0.3) is 0 Å². The van der Waals surface area contributed by atoms with Crippen LogP contribution in [0.2, 0.25) is 0 Å². The molecule has 0 aliphatic carbocycles. The number of carbonyl (C=O) groups excluding carboxylic acids is 1. The van der Waals surface area contributed by atoms with Gasteiger partial charge in [-0.05, 0) is 40.2 Å². The smallest absolute Gasteiger partial charge is 0.138 e. The van der Waals surface area contributed by atoms with Crippen LogP contribution in [0.3, 0.4) is 0 Å². The Morgan fingerprint density at radius 3 is 2.38 bits per heavy atom. The molecule has 0 aromatic carbocycles. The Labute approximate surface area is 98.1 Å². The molecule has 0 saturated carbocycles. The van der Waals surface area contributed by atoms with Gasteiger partial charge in [0.15, 0.2) is 0 Å². The lowest BCUT2D eigenvalue weighted by molar-refractivity contribution is -0.128. The Kier molecular flexibility index (Phi) is 2.87. The maximum absolute atomic E-state index is 11.8. The van der Waals surface area contributed by atoms with Gasteiger partial charge in [-0.2, -0.15) is 0 Å². The molecule has 0 bridgehead atoms. The lowest BCUT2D eigenvalue weighted by Gasteiger charge is -2.37. The minimum Gasteiger partial charge on any atom is -0.371 e. The number of hydrogen-bond donors (Lipinski definition) is 0. The molecule has 3 nitrogen and oxygen atoms in total. The van der Waals surface area contributed by atoms with Gasteiger partial charge in [-0.3, -0.25) is 4.79 Å². The van der Waals surface area contributed by atoms with Crippen LogP contribution in [0.1, 0.15) is 40.0 Å². The number of ketones is 1. The predicted octanol–water partition coefficient (Wildman–Crippen LogP) is 1.85. The third-order valence-corrected chi connectivity index (χ3v) is 4.72. The van der Waals surface area contributed by atoms with E-state index in [2.05, 4.69) is 25.8 Å². The Balaban J connectivity index is 2.14. The molecule has 2 rings (SSSR count). The molecule has 0 N–H and O–H groups in total. The van der Waals surface area contributed by atoms with Crippen LogP contribution in [0, 0.1) is 5.41 Å². The Hall–Kier alpha value is -0.410. The molecule has 1 unspecified atom stereocenters. The molecular formula is C13H23NO2. The highest BCUT2D eigenvalue weighted by atomic mass is 16.5. The van der Waals surface area contributed by atoms with Gasteiger partial charge in [0.2, 0.25) is 0 Å². The number of rotatable bonds is 1. The summed E-state index contributed by atoms with van der Waals surface area (Å²) < 4.78 is 6.17. The molecule has 2 atom stereocenters. The molecule has 92 valence electrons. The van der Waals surface area contributed by atoms with E-state index in [4.69, 9.17) is 4.74 Å². The van der Waals surface area contributed by atoms with Crippen LogP contribution >= 0.6 is 0 Å². The van der Waals surface area contributed by atoms with Crippen molar-refractivity contribution in [2.75, 3.05) is 20.1 Å². The number of ether oxygens (including phenoxy) is 1. The summed E-state index contributed by atoms with van der Waals surface area (Å²) in [5.41, 5.74) is -0.289. The molecule has 2 saturated heterocycles. The number of piperidine rings is 1. The van der Waals surface area contributed by atoms with Gasteiger partial charge in [0.05, 0.1) is 17.1 Å². The van der Waals surface area contributed by atoms with E-state index in [-0.39, 0.29) is 22.9 Å². The fraction of sp³-hybridized carbons (Fsp3) is 0.923. The molecule has 2 fully saturated rings. The summed E-state index contributed by atoms with van der Waals surface area (Å²) in [6.07, 6.45) is 3.10. The van der Waals surface area contributed by atoms with Gasteiger partial charge in [-0.15, -0.1) is 0 Å². The van der Waals surface area contributed by atoms with Gasteiger partial charge in [0, 0.05) is 13.1 Å². The highest BCUT2D eigenvalue weighted by molar-refractivity contribution is 5.83. The van der Waals surface area contributed by atoms with Crippen molar-refractivity contribution in [2.45, 2.75) is 51.7 Å². The van der Waals surface area contributed by atoms with E-state index < -0.39 is 0 Å². The van der Waals surface area contributed by atoms with Crippen molar-refractivity contribution in [3.05, 3.63) is 0 Å². The summed E-state index contributed by atoms with van der Waals surface area (Å²) in [6.45, 7) is 7.98. The third kappa shape index (κ3) is 1.80. The van der Waals surface area contributed by atoms with Crippen LogP contribution in [-0.4, -0.2) is 42.5 Å². The van der Waals surface area contributed by atoms with Crippen LogP contribution in [0.25, 0.3) is 0 Å². The summed E-state index contributed by atoms with van der Waals surface area (Å²) >= 11 is 0. The predicted molar refractivity (Wildman–Crippen MR) is 63.4 cm³/mol. The summed E-state index contributed by atoms with van der Waals surface area (Å²) in [5, 5.41) is 0. The van der Waals surface area contributed by atoms with Crippen molar-refractivity contribution in [1.29, 1.82) is 0 Å². The molecule has 2 aliphatic rings. The highest BCUT2D eigenvalue weighted by Gasteiger charge is 2.54. The van der Waals surface area contributed by atoms with Gasteiger partial charge in [-0.25, -0.2) is 0 Å². The topological polar surface area (TPSA) is 29.5 Å².